The molecule has 0 unspecified atom stereocenters. The van der Waals surface area contributed by atoms with Gasteiger partial charge in [0.1, 0.15) is 16.4 Å². The SMILES string of the molecule is COCCc1nc2sc(C)c(C)c2c(=O)n1Cc1ccc(C(=O)OC)o1. The van der Waals surface area contributed by atoms with Gasteiger partial charge in [0.15, 0.2) is 0 Å². The summed E-state index contributed by atoms with van der Waals surface area (Å²) in [5.41, 5.74) is 0.836. The summed E-state index contributed by atoms with van der Waals surface area (Å²) in [6.07, 6.45) is 0.502. The molecular weight excluding hydrogens is 356 g/mol. The van der Waals surface area contributed by atoms with Crippen molar-refractivity contribution in [3.05, 3.63) is 50.3 Å². The first-order valence-corrected chi connectivity index (χ1v) is 8.93. The molecule has 0 radical (unpaired) electrons. The summed E-state index contributed by atoms with van der Waals surface area (Å²) in [6, 6.07) is 3.20. The number of methoxy groups -OCH3 is 2. The maximum absolute atomic E-state index is 13.1. The number of hydrogen-bond acceptors (Lipinski definition) is 7. The molecule has 0 saturated heterocycles. The third kappa shape index (κ3) is 3.30. The van der Waals surface area contributed by atoms with Gasteiger partial charge in [-0.1, -0.05) is 0 Å². The molecule has 0 fully saturated rings. The third-order valence-electron chi connectivity index (χ3n) is 4.26. The second kappa shape index (κ2) is 7.43. The monoisotopic (exact) mass is 376 g/mol. The molecule has 8 heteroatoms. The van der Waals surface area contributed by atoms with Crippen LogP contribution < -0.4 is 5.56 Å². The fourth-order valence-corrected chi connectivity index (χ4v) is 3.78. The number of nitrogens with zero attached hydrogens (tertiary/aromatic N) is 2. The van der Waals surface area contributed by atoms with Gasteiger partial charge in [0.05, 0.1) is 25.6 Å². The van der Waals surface area contributed by atoms with Crippen molar-refractivity contribution in [2.75, 3.05) is 20.8 Å². The van der Waals surface area contributed by atoms with E-state index in [0.717, 1.165) is 15.3 Å². The highest BCUT2D eigenvalue weighted by Crippen LogP contribution is 2.26. The predicted molar refractivity (Wildman–Crippen MR) is 98.1 cm³/mol. The predicted octanol–water partition coefficient (Wildman–Crippen LogP) is 2.69. The van der Waals surface area contributed by atoms with Crippen molar-refractivity contribution in [2.24, 2.45) is 0 Å². The minimum absolute atomic E-state index is 0.102. The molecular formula is C18H20N2O5S. The van der Waals surface area contributed by atoms with Crippen LogP contribution in [0.25, 0.3) is 10.2 Å². The van der Waals surface area contributed by atoms with E-state index in [2.05, 4.69) is 9.72 Å². The second-order valence-corrected chi connectivity index (χ2v) is 7.09. The van der Waals surface area contributed by atoms with Crippen LogP contribution >= 0.6 is 11.3 Å². The number of fused-ring (bicyclic) bond motifs is 1. The molecule has 26 heavy (non-hydrogen) atoms. The molecule has 3 heterocycles. The number of carbonyl (C=O) groups excluding carboxylic acids is 1. The average Bonchev–Trinajstić information content (AvgIpc) is 3.20. The molecule has 0 N–H and O–H groups in total. The van der Waals surface area contributed by atoms with Crippen LogP contribution in [0.2, 0.25) is 0 Å². The summed E-state index contributed by atoms with van der Waals surface area (Å²) >= 11 is 1.52. The Bertz CT molecular complexity index is 1010. The van der Waals surface area contributed by atoms with Gasteiger partial charge in [-0.15, -0.1) is 11.3 Å². The molecule has 0 aliphatic carbocycles. The normalized spacial score (nSPS) is 11.2. The lowest BCUT2D eigenvalue weighted by molar-refractivity contribution is 0.0563. The van der Waals surface area contributed by atoms with Crippen LogP contribution in [0.5, 0.6) is 0 Å². The highest BCUT2D eigenvalue weighted by Gasteiger charge is 2.18. The highest BCUT2D eigenvalue weighted by atomic mass is 32.1. The number of aryl methyl sites for hydroxylation is 2. The molecule has 3 rings (SSSR count). The Morgan fingerprint density at radius 2 is 2.08 bits per heavy atom. The van der Waals surface area contributed by atoms with Gasteiger partial charge in [-0.05, 0) is 31.5 Å². The molecule has 0 aliphatic heterocycles. The van der Waals surface area contributed by atoms with Crippen LogP contribution in [-0.2, 0) is 22.4 Å². The Morgan fingerprint density at radius 1 is 1.31 bits per heavy atom. The summed E-state index contributed by atoms with van der Waals surface area (Å²) in [4.78, 5) is 31.2. The van der Waals surface area contributed by atoms with E-state index in [1.807, 2.05) is 13.8 Å². The fourth-order valence-electron chi connectivity index (χ4n) is 2.75. The van der Waals surface area contributed by atoms with E-state index in [9.17, 15) is 9.59 Å². The van der Waals surface area contributed by atoms with Gasteiger partial charge < -0.3 is 13.9 Å². The van der Waals surface area contributed by atoms with Crippen molar-refractivity contribution < 1.29 is 18.7 Å². The van der Waals surface area contributed by atoms with Gasteiger partial charge in [0.2, 0.25) is 5.76 Å². The first-order valence-electron chi connectivity index (χ1n) is 8.11. The van der Waals surface area contributed by atoms with Crippen molar-refractivity contribution >= 4 is 27.5 Å². The molecule has 138 valence electrons. The number of hydrogen-bond donors (Lipinski definition) is 0. The van der Waals surface area contributed by atoms with Crippen LogP contribution in [-0.4, -0.2) is 36.3 Å². The van der Waals surface area contributed by atoms with Gasteiger partial charge >= 0.3 is 5.97 Å². The zero-order valence-electron chi connectivity index (χ0n) is 15.1. The van der Waals surface area contributed by atoms with Crippen LogP contribution in [0.3, 0.4) is 0 Å². The van der Waals surface area contributed by atoms with Gasteiger partial charge in [-0.2, -0.15) is 0 Å². The summed E-state index contributed by atoms with van der Waals surface area (Å²) in [5.74, 6) is 0.658. The number of carbonyl (C=O) groups is 1. The molecule has 3 aromatic heterocycles. The summed E-state index contributed by atoms with van der Waals surface area (Å²) < 4.78 is 16.9. The van der Waals surface area contributed by atoms with E-state index >= 15 is 0 Å². The molecule has 0 spiro atoms. The Labute approximate surface area is 154 Å². The Hall–Kier alpha value is -2.45. The third-order valence-corrected chi connectivity index (χ3v) is 5.36. The van der Waals surface area contributed by atoms with Crippen molar-refractivity contribution in [1.82, 2.24) is 9.55 Å². The minimum Gasteiger partial charge on any atom is -0.463 e. The van der Waals surface area contributed by atoms with Gasteiger partial charge in [0, 0.05) is 18.4 Å². The Morgan fingerprint density at radius 3 is 2.77 bits per heavy atom. The van der Waals surface area contributed by atoms with E-state index < -0.39 is 5.97 Å². The molecule has 0 aromatic carbocycles. The van der Waals surface area contributed by atoms with Gasteiger partial charge in [-0.25, -0.2) is 9.78 Å². The average molecular weight is 376 g/mol. The standard InChI is InChI=1S/C18H20N2O5S/c1-10-11(2)26-16-15(10)17(21)20(14(19-16)7-8-23-3)9-12-5-6-13(25-12)18(22)24-4/h5-6H,7-9H2,1-4H3. The van der Waals surface area contributed by atoms with Crippen LogP contribution in [0, 0.1) is 13.8 Å². The first kappa shape index (κ1) is 18.3. The van der Waals surface area contributed by atoms with Gasteiger partial charge in [-0.3, -0.25) is 9.36 Å². The zero-order valence-corrected chi connectivity index (χ0v) is 15.9. The molecule has 0 saturated carbocycles. The Balaban J connectivity index is 2.08. The van der Waals surface area contributed by atoms with E-state index in [-0.39, 0.29) is 17.9 Å². The molecule has 0 amide bonds. The topological polar surface area (TPSA) is 83.6 Å². The molecule has 0 aliphatic rings. The molecule has 0 bridgehead atoms. The van der Waals surface area contributed by atoms with Crippen molar-refractivity contribution in [2.45, 2.75) is 26.8 Å². The van der Waals surface area contributed by atoms with Crippen molar-refractivity contribution in [3.63, 3.8) is 0 Å². The number of esters is 1. The quantitative estimate of drug-likeness (QED) is 0.615. The first-order chi connectivity index (χ1) is 12.5. The van der Waals surface area contributed by atoms with E-state index in [4.69, 9.17) is 9.15 Å². The molecule has 7 nitrogen and oxygen atoms in total. The second-order valence-electron chi connectivity index (χ2n) is 5.88. The zero-order chi connectivity index (χ0) is 18.8. The molecule has 0 atom stereocenters. The molecule has 3 aromatic rings. The number of ether oxygens (including phenoxy) is 2. The lowest BCUT2D eigenvalue weighted by Crippen LogP contribution is -2.26. The number of furan rings is 1. The Kier molecular flexibility index (Phi) is 5.24. The van der Waals surface area contributed by atoms with Gasteiger partial charge in [0.25, 0.3) is 5.56 Å². The maximum atomic E-state index is 13.1. The maximum Gasteiger partial charge on any atom is 0.373 e. The minimum atomic E-state index is -0.555. The summed E-state index contributed by atoms with van der Waals surface area (Å²) in [6.45, 7) is 4.55. The van der Waals surface area contributed by atoms with Crippen molar-refractivity contribution in [1.29, 1.82) is 0 Å². The summed E-state index contributed by atoms with van der Waals surface area (Å²) in [5, 5.41) is 0.633. The lowest BCUT2D eigenvalue weighted by atomic mass is 10.2. The number of thiophene rings is 1. The summed E-state index contributed by atoms with van der Waals surface area (Å²) in [7, 11) is 2.90. The van der Waals surface area contributed by atoms with Crippen molar-refractivity contribution in [3.8, 4) is 0 Å². The van der Waals surface area contributed by atoms with E-state index in [0.29, 0.717) is 30.0 Å². The largest absolute Gasteiger partial charge is 0.463 e. The van der Waals surface area contributed by atoms with E-state index in [1.165, 1.54) is 24.5 Å². The highest BCUT2D eigenvalue weighted by molar-refractivity contribution is 7.18. The fraction of sp³-hybridized carbons (Fsp3) is 0.389. The van der Waals surface area contributed by atoms with E-state index in [1.54, 1.807) is 17.7 Å². The van der Waals surface area contributed by atoms with Crippen LogP contribution in [0.4, 0.5) is 0 Å². The lowest BCUT2D eigenvalue weighted by Gasteiger charge is -2.11. The van der Waals surface area contributed by atoms with Crippen LogP contribution in [0.15, 0.2) is 21.3 Å². The smallest absolute Gasteiger partial charge is 0.373 e. The number of rotatable bonds is 6. The number of aromatic nitrogens is 2. The van der Waals surface area contributed by atoms with Crippen LogP contribution in [0.1, 0.15) is 32.6 Å².